The zero-order chi connectivity index (χ0) is 6.97. The van der Waals surface area contributed by atoms with E-state index in [0.717, 1.165) is 19.5 Å². The van der Waals surface area contributed by atoms with Crippen LogP contribution >= 0.6 is 0 Å². The molecule has 10 heavy (non-hydrogen) atoms. The zero-order valence-electron chi connectivity index (χ0n) is 6.07. The Morgan fingerprint density at radius 2 is 2.40 bits per heavy atom. The summed E-state index contributed by atoms with van der Waals surface area (Å²) in [4.78, 5) is 0. The third kappa shape index (κ3) is 0.743. The molecule has 0 bridgehead atoms. The van der Waals surface area contributed by atoms with Gasteiger partial charge in [0.05, 0.1) is 5.69 Å². The van der Waals surface area contributed by atoms with Crippen LogP contribution in [0.3, 0.4) is 0 Å². The van der Waals surface area contributed by atoms with E-state index < -0.39 is 0 Å². The van der Waals surface area contributed by atoms with E-state index in [2.05, 4.69) is 22.4 Å². The number of aryl methyl sites for hydroxylation is 1. The molecule has 1 aromatic heterocycles. The van der Waals surface area contributed by atoms with Gasteiger partial charge in [-0.3, -0.25) is 5.10 Å². The minimum Gasteiger partial charge on any atom is -0.312 e. The molecule has 2 heterocycles. The fraction of sp³-hybridized carbons (Fsp3) is 0.571. The molecule has 0 fully saturated rings. The van der Waals surface area contributed by atoms with Crippen LogP contribution in [-0.4, -0.2) is 16.7 Å². The lowest BCUT2D eigenvalue weighted by molar-refractivity contribution is 0.635. The summed E-state index contributed by atoms with van der Waals surface area (Å²) >= 11 is 0. The van der Waals surface area contributed by atoms with Gasteiger partial charge in [0.2, 0.25) is 0 Å². The minimum absolute atomic E-state index is 0.984. The largest absolute Gasteiger partial charge is 0.312 e. The van der Waals surface area contributed by atoms with E-state index in [1.54, 1.807) is 0 Å². The Morgan fingerprint density at radius 1 is 1.50 bits per heavy atom. The summed E-state index contributed by atoms with van der Waals surface area (Å²) in [6.45, 7) is 4.12. The van der Waals surface area contributed by atoms with Gasteiger partial charge < -0.3 is 5.32 Å². The van der Waals surface area contributed by atoms with Crippen LogP contribution in [0.1, 0.15) is 17.0 Å². The number of aromatic amines is 1. The number of nitrogens with zero attached hydrogens (tertiary/aromatic N) is 1. The van der Waals surface area contributed by atoms with Crippen molar-refractivity contribution in [1.82, 2.24) is 15.5 Å². The fourth-order valence-corrected chi connectivity index (χ4v) is 1.36. The number of nitrogens with one attached hydrogen (secondary N) is 2. The number of fused-ring (bicyclic) bond motifs is 1. The maximum atomic E-state index is 4.19. The van der Waals surface area contributed by atoms with E-state index in [0.29, 0.717) is 0 Å². The third-order valence-corrected chi connectivity index (χ3v) is 2.00. The van der Waals surface area contributed by atoms with Crippen LogP contribution in [0.4, 0.5) is 0 Å². The summed E-state index contributed by atoms with van der Waals surface area (Å²) in [6, 6.07) is 0. The van der Waals surface area contributed by atoms with Crippen molar-refractivity contribution in [2.45, 2.75) is 19.9 Å². The van der Waals surface area contributed by atoms with Gasteiger partial charge in [0, 0.05) is 30.8 Å². The van der Waals surface area contributed by atoms with Gasteiger partial charge in [-0.25, -0.2) is 0 Å². The van der Waals surface area contributed by atoms with Crippen molar-refractivity contribution in [3.63, 3.8) is 0 Å². The molecule has 0 saturated carbocycles. The summed E-state index contributed by atoms with van der Waals surface area (Å²) in [5, 5.41) is 10.5. The maximum absolute atomic E-state index is 4.19. The highest BCUT2D eigenvalue weighted by Gasteiger charge is 2.12. The third-order valence-electron chi connectivity index (χ3n) is 2.00. The van der Waals surface area contributed by atoms with Crippen LogP contribution in [0, 0.1) is 6.92 Å². The molecular weight excluding hydrogens is 126 g/mol. The standard InChI is InChI=1S/C7H11N3/c1-5-6-4-8-3-2-7(6)10-9-5/h8H,2-4H2,1H3,(H,9,10). The lowest BCUT2D eigenvalue weighted by atomic mass is 10.1. The first-order valence-electron chi connectivity index (χ1n) is 3.61. The Kier molecular flexibility index (Phi) is 1.24. The molecule has 3 nitrogen and oxygen atoms in total. The second-order valence-corrected chi connectivity index (χ2v) is 2.70. The van der Waals surface area contributed by atoms with Gasteiger partial charge in [0.15, 0.2) is 0 Å². The predicted molar refractivity (Wildman–Crippen MR) is 38.7 cm³/mol. The summed E-state index contributed by atoms with van der Waals surface area (Å²) < 4.78 is 0. The van der Waals surface area contributed by atoms with E-state index >= 15 is 0 Å². The molecule has 54 valence electrons. The molecule has 1 aliphatic rings. The summed E-state index contributed by atoms with van der Waals surface area (Å²) in [6.07, 6.45) is 1.07. The Hall–Kier alpha value is -0.830. The lowest BCUT2D eigenvalue weighted by Crippen LogP contribution is -2.23. The summed E-state index contributed by atoms with van der Waals surface area (Å²) in [7, 11) is 0. The van der Waals surface area contributed by atoms with Crippen molar-refractivity contribution in [2.24, 2.45) is 0 Å². The van der Waals surface area contributed by atoms with E-state index in [9.17, 15) is 0 Å². The fourth-order valence-electron chi connectivity index (χ4n) is 1.36. The highest BCUT2D eigenvalue weighted by molar-refractivity contribution is 5.26. The Morgan fingerprint density at radius 3 is 3.20 bits per heavy atom. The number of H-pyrrole nitrogens is 1. The number of hydrogen-bond acceptors (Lipinski definition) is 2. The van der Waals surface area contributed by atoms with Crippen LogP contribution in [0.2, 0.25) is 0 Å². The number of hydrogen-bond donors (Lipinski definition) is 2. The van der Waals surface area contributed by atoms with Crippen molar-refractivity contribution in [3.8, 4) is 0 Å². The molecule has 2 rings (SSSR count). The predicted octanol–water partition coefficient (Wildman–Crippen LogP) is 0.364. The topological polar surface area (TPSA) is 40.7 Å². The van der Waals surface area contributed by atoms with Gasteiger partial charge in [-0.2, -0.15) is 5.10 Å². The zero-order valence-corrected chi connectivity index (χ0v) is 6.07. The normalized spacial score (nSPS) is 16.9. The SMILES string of the molecule is Cc1[nH]nc2c1CNCC2. The molecule has 0 aromatic carbocycles. The maximum Gasteiger partial charge on any atom is 0.0682 e. The van der Waals surface area contributed by atoms with Gasteiger partial charge in [0.25, 0.3) is 0 Å². The molecular formula is C7H11N3. The average Bonchev–Trinajstić information content (AvgIpc) is 2.34. The van der Waals surface area contributed by atoms with Crippen LogP contribution in [0.5, 0.6) is 0 Å². The average molecular weight is 137 g/mol. The van der Waals surface area contributed by atoms with Crippen LogP contribution in [-0.2, 0) is 13.0 Å². The summed E-state index contributed by atoms with van der Waals surface area (Å²) in [5.74, 6) is 0. The number of rotatable bonds is 0. The molecule has 0 aliphatic carbocycles. The lowest BCUT2D eigenvalue weighted by Gasteiger charge is -2.10. The van der Waals surface area contributed by atoms with Crippen LogP contribution in [0.25, 0.3) is 0 Å². The molecule has 0 atom stereocenters. The molecule has 0 saturated heterocycles. The quantitative estimate of drug-likeness (QED) is 0.542. The van der Waals surface area contributed by atoms with Gasteiger partial charge >= 0.3 is 0 Å². The van der Waals surface area contributed by atoms with Crippen LogP contribution < -0.4 is 5.32 Å². The van der Waals surface area contributed by atoms with Crippen molar-refractivity contribution >= 4 is 0 Å². The highest BCUT2D eigenvalue weighted by Crippen LogP contribution is 2.13. The molecule has 0 unspecified atom stereocenters. The molecule has 3 heteroatoms. The smallest absolute Gasteiger partial charge is 0.0682 e. The van der Waals surface area contributed by atoms with Crippen molar-refractivity contribution < 1.29 is 0 Å². The second-order valence-electron chi connectivity index (χ2n) is 2.70. The van der Waals surface area contributed by atoms with E-state index in [1.165, 1.54) is 17.0 Å². The first-order chi connectivity index (χ1) is 4.88. The van der Waals surface area contributed by atoms with Crippen molar-refractivity contribution in [1.29, 1.82) is 0 Å². The Balaban J connectivity index is 2.45. The highest BCUT2D eigenvalue weighted by atomic mass is 15.1. The van der Waals surface area contributed by atoms with Gasteiger partial charge in [-0.15, -0.1) is 0 Å². The number of aromatic nitrogens is 2. The first kappa shape index (κ1) is 5.92. The minimum atomic E-state index is 0.984. The van der Waals surface area contributed by atoms with E-state index in [4.69, 9.17) is 0 Å². The monoisotopic (exact) mass is 137 g/mol. The van der Waals surface area contributed by atoms with E-state index in [-0.39, 0.29) is 0 Å². The Bertz CT molecular complexity index is 239. The second kappa shape index (κ2) is 2.09. The molecule has 2 N–H and O–H groups in total. The van der Waals surface area contributed by atoms with E-state index in [1.807, 2.05) is 0 Å². The van der Waals surface area contributed by atoms with Crippen molar-refractivity contribution in [2.75, 3.05) is 6.54 Å². The molecule has 1 aliphatic heterocycles. The van der Waals surface area contributed by atoms with Gasteiger partial charge in [-0.1, -0.05) is 0 Å². The Labute approximate surface area is 59.8 Å². The van der Waals surface area contributed by atoms with Crippen LogP contribution in [0.15, 0.2) is 0 Å². The van der Waals surface area contributed by atoms with Gasteiger partial charge in [0.1, 0.15) is 0 Å². The molecule has 0 amide bonds. The molecule has 0 spiro atoms. The van der Waals surface area contributed by atoms with Crippen molar-refractivity contribution in [3.05, 3.63) is 17.0 Å². The molecule has 0 radical (unpaired) electrons. The summed E-state index contributed by atoms with van der Waals surface area (Å²) in [5.41, 5.74) is 3.82. The first-order valence-corrected chi connectivity index (χ1v) is 3.61. The van der Waals surface area contributed by atoms with Gasteiger partial charge in [-0.05, 0) is 6.92 Å². The molecule has 1 aromatic rings.